The van der Waals surface area contributed by atoms with E-state index >= 15 is 0 Å². The summed E-state index contributed by atoms with van der Waals surface area (Å²) in [5.41, 5.74) is 0.134. The maximum absolute atomic E-state index is 11.8. The van der Waals surface area contributed by atoms with Crippen LogP contribution in [0, 0.1) is 5.41 Å². The minimum absolute atomic E-state index is 0.0261. The molecule has 1 heterocycles. The molecule has 0 aromatic heterocycles. The van der Waals surface area contributed by atoms with E-state index in [2.05, 4.69) is 23.9 Å². The molecule has 1 fully saturated rings. The zero-order valence-electron chi connectivity index (χ0n) is 12.5. The topological polar surface area (TPSA) is 67.4 Å². The van der Waals surface area contributed by atoms with E-state index in [1.54, 1.807) is 0 Å². The molecule has 0 aromatic carbocycles. The van der Waals surface area contributed by atoms with Crippen LogP contribution in [0.4, 0.5) is 0 Å². The van der Waals surface area contributed by atoms with Gasteiger partial charge in [0, 0.05) is 12.6 Å². The molecule has 0 saturated carbocycles. The lowest BCUT2D eigenvalue weighted by Gasteiger charge is -2.39. The van der Waals surface area contributed by atoms with Crippen LogP contribution in [0.3, 0.4) is 0 Å². The van der Waals surface area contributed by atoms with Gasteiger partial charge in [-0.25, -0.2) is 13.1 Å². The second-order valence-electron chi connectivity index (χ2n) is 6.19. The fourth-order valence-corrected chi connectivity index (χ4v) is 3.18. The van der Waals surface area contributed by atoms with Crippen LogP contribution in [0.1, 0.15) is 40.5 Å². The van der Waals surface area contributed by atoms with E-state index in [9.17, 15) is 8.42 Å². The van der Waals surface area contributed by atoms with Crippen LogP contribution < -0.4 is 10.0 Å². The molecule has 0 spiro atoms. The fourth-order valence-electron chi connectivity index (χ4n) is 2.30. The highest BCUT2D eigenvalue weighted by Crippen LogP contribution is 2.29. The number of sulfonamides is 1. The molecule has 114 valence electrons. The summed E-state index contributed by atoms with van der Waals surface area (Å²) < 4.78 is 31.7. The van der Waals surface area contributed by atoms with Crippen LogP contribution in [0.5, 0.6) is 0 Å². The maximum Gasteiger partial charge on any atom is 0.213 e. The molecule has 0 amide bonds. The van der Waals surface area contributed by atoms with Gasteiger partial charge in [-0.2, -0.15) is 0 Å². The molecule has 1 rings (SSSR count). The summed E-state index contributed by atoms with van der Waals surface area (Å²) >= 11 is 0. The van der Waals surface area contributed by atoms with Crippen LogP contribution >= 0.6 is 0 Å². The molecule has 1 aliphatic heterocycles. The highest BCUT2D eigenvalue weighted by molar-refractivity contribution is 7.89. The van der Waals surface area contributed by atoms with Gasteiger partial charge in [0.25, 0.3) is 0 Å². The smallest absolute Gasteiger partial charge is 0.213 e. The molecule has 1 saturated heterocycles. The predicted molar refractivity (Wildman–Crippen MR) is 77.7 cm³/mol. The zero-order chi connectivity index (χ0) is 14.5. The van der Waals surface area contributed by atoms with Crippen LogP contribution in [0.25, 0.3) is 0 Å². The maximum atomic E-state index is 11.8. The first-order valence-electron chi connectivity index (χ1n) is 7.05. The Kier molecular flexibility index (Phi) is 6.23. The third-order valence-electron chi connectivity index (χ3n) is 3.64. The van der Waals surface area contributed by atoms with Gasteiger partial charge in [0.15, 0.2) is 0 Å². The Morgan fingerprint density at radius 1 is 1.42 bits per heavy atom. The molecule has 1 atom stereocenters. The largest absolute Gasteiger partial charge is 0.378 e. The van der Waals surface area contributed by atoms with Crippen molar-refractivity contribution in [1.82, 2.24) is 10.0 Å². The molecule has 2 N–H and O–H groups in total. The van der Waals surface area contributed by atoms with Gasteiger partial charge in [-0.05, 0) is 38.6 Å². The first kappa shape index (κ1) is 16.9. The molecular formula is C13H28N2O3S. The summed E-state index contributed by atoms with van der Waals surface area (Å²) in [6, 6.07) is 0.196. The Balaban J connectivity index is 2.37. The van der Waals surface area contributed by atoms with Crippen molar-refractivity contribution >= 4 is 10.0 Å². The van der Waals surface area contributed by atoms with Crippen molar-refractivity contribution < 1.29 is 13.2 Å². The number of hydrogen-bond acceptors (Lipinski definition) is 4. The molecule has 6 heteroatoms. The van der Waals surface area contributed by atoms with Crippen LogP contribution in [-0.2, 0) is 14.8 Å². The van der Waals surface area contributed by atoms with E-state index in [0.29, 0.717) is 6.54 Å². The number of nitrogens with one attached hydrogen (secondary N) is 2. The van der Waals surface area contributed by atoms with Crippen molar-refractivity contribution in [3.63, 3.8) is 0 Å². The lowest BCUT2D eigenvalue weighted by molar-refractivity contribution is 0.0911. The van der Waals surface area contributed by atoms with Gasteiger partial charge in [-0.1, -0.05) is 13.8 Å². The molecule has 0 aromatic rings. The average Bonchev–Trinajstić information content (AvgIpc) is 2.26. The van der Waals surface area contributed by atoms with E-state index in [1.165, 1.54) is 0 Å². The SMILES string of the molecule is CC(C)OCCS(=O)(=O)NCC1NCCCC1(C)C. The molecule has 19 heavy (non-hydrogen) atoms. The standard InChI is InChI=1S/C13H28N2O3S/c1-11(2)18-8-9-19(16,17)15-10-12-13(3,4)6-5-7-14-12/h11-12,14-15H,5-10H2,1-4H3. The van der Waals surface area contributed by atoms with Crippen LogP contribution in [0.15, 0.2) is 0 Å². The number of ether oxygens (including phenoxy) is 1. The summed E-state index contributed by atoms with van der Waals surface area (Å²) in [4.78, 5) is 0. The minimum Gasteiger partial charge on any atom is -0.378 e. The summed E-state index contributed by atoms with van der Waals surface area (Å²) in [5, 5.41) is 3.40. The van der Waals surface area contributed by atoms with Gasteiger partial charge in [0.2, 0.25) is 10.0 Å². The first-order chi connectivity index (χ1) is 8.73. The Bertz CT molecular complexity index is 366. The molecule has 1 aliphatic rings. The van der Waals surface area contributed by atoms with Gasteiger partial charge < -0.3 is 10.1 Å². The van der Waals surface area contributed by atoms with E-state index in [4.69, 9.17) is 4.74 Å². The number of piperidine rings is 1. The van der Waals surface area contributed by atoms with Gasteiger partial charge in [0.1, 0.15) is 0 Å². The summed E-state index contributed by atoms with van der Waals surface area (Å²) in [5.74, 6) is 0.0261. The second kappa shape index (κ2) is 7.02. The van der Waals surface area contributed by atoms with Gasteiger partial charge in [-0.15, -0.1) is 0 Å². The third-order valence-corrected chi connectivity index (χ3v) is 4.95. The van der Waals surface area contributed by atoms with Crippen molar-refractivity contribution in [2.75, 3.05) is 25.4 Å². The summed E-state index contributed by atoms with van der Waals surface area (Å²) in [6.07, 6.45) is 2.34. The van der Waals surface area contributed by atoms with Crippen molar-refractivity contribution in [3.05, 3.63) is 0 Å². The van der Waals surface area contributed by atoms with Crippen molar-refractivity contribution in [1.29, 1.82) is 0 Å². The Hall–Kier alpha value is -0.170. The Labute approximate surface area is 117 Å². The highest BCUT2D eigenvalue weighted by atomic mass is 32.2. The van der Waals surface area contributed by atoms with E-state index in [1.807, 2.05) is 13.8 Å². The molecule has 0 radical (unpaired) electrons. The molecule has 0 bridgehead atoms. The number of hydrogen-bond donors (Lipinski definition) is 2. The molecule has 5 nitrogen and oxygen atoms in total. The summed E-state index contributed by atoms with van der Waals surface area (Å²) in [7, 11) is -3.24. The third kappa shape index (κ3) is 6.21. The van der Waals surface area contributed by atoms with Crippen molar-refractivity contribution in [2.45, 2.75) is 52.7 Å². The van der Waals surface area contributed by atoms with E-state index in [0.717, 1.165) is 19.4 Å². The lowest BCUT2D eigenvalue weighted by Crippen LogP contribution is -2.53. The molecule has 0 aliphatic carbocycles. The monoisotopic (exact) mass is 292 g/mol. The second-order valence-corrected chi connectivity index (χ2v) is 8.11. The first-order valence-corrected chi connectivity index (χ1v) is 8.70. The Morgan fingerprint density at radius 3 is 2.68 bits per heavy atom. The lowest BCUT2D eigenvalue weighted by atomic mass is 9.78. The van der Waals surface area contributed by atoms with Gasteiger partial charge in [-0.3, -0.25) is 0 Å². The fraction of sp³-hybridized carbons (Fsp3) is 1.00. The Morgan fingerprint density at radius 2 is 2.11 bits per heavy atom. The predicted octanol–water partition coefficient (Wildman–Crippen LogP) is 1.11. The normalized spacial score (nSPS) is 23.7. The van der Waals surface area contributed by atoms with Gasteiger partial charge in [0.05, 0.1) is 18.5 Å². The van der Waals surface area contributed by atoms with Crippen LogP contribution in [0.2, 0.25) is 0 Å². The van der Waals surface area contributed by atoms with E-state index < -0.39 is 10.0 Å². The minimum atomic E-state index is -3.24. The molecular weight excluding hydrogens is 264 g/mol. The number of rotatable bonds is 7. The van der Waals surface area contributed by atoms with Crippen molar-refractivity contribution in [2.24, 2.45) is 5.41 Å². The van der Waals surface area contributed by atoms with Crippen molar-refractivity contribution in [3.8, 4) is 0 Å². The average molecular weight is 292 g/mol. The van der Waals surface area contributed by atoms with E-state index in [-0.39, 0.29) is 29.9 Å². The summed E-state index contributed by atoms with van der Waals surface area (Å²) in [6.45, 7) is 9.82. The molecule has 1 unspecified atom stereocenters. The quantitative estimate of drug-likeness (QED) is 0.737. The zero-order valence-corrected chi connectivity index (χ0v) is 13.3. The van der Waals surface area contributed by atoms with Gasteiger partial charge >= 0.3 is 0 Å². The van der Waals surface area contributed by atoms with Crippen LogP contribution in [-0.4, -0.2) is 46.0 Å². The highest BCUT2D eigenvalue weighted by Gasteiger charge is 2.32.